The number of benzene rings is 6. The fraction of sp³-hybridized carbons (Fsp3) is 0.143. The van der Waals surface area contributed by atoms with Crippen molar-refractivity contribution in [2.45, 2.75) is 37.8 Å². The van der Waals surface area contributed by atoms with E-state index in [4.69, 9.17) is 0 Å². The van der Waals surface area contributed by atoms with Gasteiger partial charge in [-0.3, -0.25) is 0 Å². The van der Waals surface area contributed by atoms with E-state index in [1.54, 1.807) is 0 Å². The molecule has 1 heteroatoms. The van der Waals surface area contributed by atoms with Crippen molar-refractivity contribution >= 4 is 43.2 Å². The molecule has 2 radical (unpaired) electrons. The zero-order chi connectivity index (χ0) is 28.9. The standard InChI is InChI=1S/C42H34Si/c1-27-23-39-35(33-17-7-13-29-11-3-5-15-31(29)33)19-9-21-37(39)41(27)25-43-26-42-28(2)24-40-36(20-10-22-38(40)42)34-18-8-14-30-12-4-6-16-32(30)34/h3-24,41-42H,25-26H2,1-2H3. The van der Waals surface area contributed by atoms with Gasteiger partial charge in [0.15, 0.2) is 0 Å². The second-order valence-corrected chi connectivity index (χ2v) is 13.5. The van der Waals surface area contributed by atoms with Gasteiger partial charge in [-0.1, -0.05) is 157 Å². The zero-order valence-electron chi connectivity index (χ0n) is 24.8. The van der Waals surface area contributed by atoms with Crippen LogP contribution in [-0.2, 0) is 0 Å². The van der Waals surface area contributed by atoms with Gasteiger partial charge in [0.1, 0.15) is 0 Å². The van der Waals surface area contributed by atoms with Crippen LogP contribution < -0.4 is 0 Å². The second kappa shape index (κ2) is 10.7. The molecule has 6 aromatic rings. The number of allylic oxidation sites excluding steroid dienone is 2. The van der Waals surface area contributed by atoms with Gasteiger partial charge in [-0.25, -0.2) is 0 Å². The van der Waals surface area contributed by atoms with Crippen LogP contribution in [0.25, 0.3) is 56.0 Å². The summed E-state index contributed by atoms with van der Waals surface area (Å²) in [4.78, 5) is 0. The molecule has 6 aromatic carbocycles. The van der Waals surface area contributed by atoms with E-state index in [1.165, 1.54) is 89.3 Å². The summed E-state index contributed by atoms with van der Waals surface area (Å²) in [5, 5.41) is 5.27. The maximum atomic E-state index is 2.47. The van der Waals surface area contributed by atoms with Crippen LogP contribution >= 0.6 is 0 Å². The highest BCUT2D eigenvalue weighted by Crippen LogP contribution is 2.47. The third-order valence-corrected chi connectivity index (χ3v) is 11.1. The molecule has 0 saturated carbocycles. The summed E-state index contributed by atoms with van der Waals surface area (Å²) in [6, 6.07) is 47.3. The van der Waals surface area contributed by atoms with Crippen molar-refractivity contribution < 1.29 is 0 Å². The molecule has 0 N–H and O–H groups in total. The summed E-state index contributed by atoms with van der Waals surface area (Å²) in [6.45, 7) is 4.68. The topological polar surface area (TPSA) is 0 Å². The van der Waals surface area contributed by atoms with Gasteiger partial charge in [-0.05, 0) is 79.9 Å². The molecule has 0 nitrogen and oxygen atoms in total. The Morgan fingerprint density at radius 3 is 1.33 bits per heavy atom. The van der Waals surface area contributed by atoms with Gasteiger partial charge >= 0.3 is 0 Å². The van der Waals surface area contributed by atoms with Crippen molar-refractivity contribution in [2.75, 3.05) is 0 Å². The van der Waals surface area contributed by atoms with E-state index in [9.17, 15) is 0 Å². The summed E-state index contributed by atoms with van der Waals surface area (Å²) in [6.07, 6.45) is 4.93. The third kappa shape index (κ3) is 4.42. The van der Waals surface area contributed by atoms with Crippen LogP contribution in [0.1, 0.15) is 47.9 Å². The Hall–Kier alpha value is -4.46. The Labute approximate surface area is 257 Å². The normalized spacial score (nSPS) is 17.2. The van der Waals surface area contributed by atoms with Crippen LogP contribution in [-0.4, -0.2) is 9.52 Å². The Balaban J connectivity index is 1.05. The van der Waals surface area contributed by atoms with Crippen LogP contribution in [0.2, 0.25) is 12.1 Å². The molecule has 206 valence electrons. The lowest BCUT2D eigenvalue weighted by molar-refractivity contribution is 0.876. The fourth-order valence-electron chi connectivity index (χ4n) is 7.55. The maximum absolute atomic E-state index is 2.47. The van der Waals surface area contributed by atoms with Gasteiger partial charge in [-0.15, -0.1) is 0 Å². The van der Waals surface area contributed by atoms with Crippen molar-refractivity contribution in [2.24, 2.45) is 0 Å². The first-order chi connectivity index (χ1) is 21.2. The van der Waals surface area contributed by atoms with Gasteiger partial charge in [-0.2, -0.15) is 0 Å². The molecule has 2 aliphatic rings. The highest BCUT2D eigenvalue weighted by Gasteiger charge is 2.28. The fourth-order valence-corrected chi connectivity index (χ4v) is 9.38. The van der Waals surface area contributed by atoms with Crippen LogP contribution in [0.3, 0.4) is 0 Å². The molecule has 0 fully saturated rings. The largest absolute Gasteiger partial charge is 0.0655 e. The number of hydrogen-bond donors (Lipinski definition) is 0. The third-order valence-electron chi connectivity index (χ3n) is 9.73. The lowest BCUT2D eigenvalue weighted by Crippen LogP contribution is -2.06. The summed E-state index contributed by atoms with van der Waals surface area (Å²) in [5.41, 5.74) is 14.3. The first-order valence-corrected chi connectivity index (χ1v) is 16.9. The molecule has 2 aliphatic carbocycles. The predicted molar refractivity (Wildman–Crippen MR) is 187 cm³/mol. The summed E-state index contributed by atoms with van der Waals surface area (Å²) >= 11 is 0. The van der Waals surface area contributed by atoms with Crippen LogP contribution in [0.4, 0.5) is 0 Å². The monoisotopic (exact) mass is 566 g/mol. The molecule has 2 atom stereocenters. The highest BCUT2D eigenvalue weighted by molar-refractivity contribution is 6.36. The molecule has 0 bridgehead atoms. The minimum atomic E-state index is 0.510. The molecule has 0 aliphatic heterocycles. The SMILES string of the molecule is CC1=Cc2c(-c3cccc4ccccc34)cccc2C1C[Si]CC1C(C)=Cc2c(-c3cccc4ccccc34)cccc21. The Kier molecular flexibility index (Phi) is 6.50. The van der Waals surface area contributed by atoms with Gasteiger partial charge in [0, 0.05) is 21.4 Å². The van der Waals surface area contributed by atoms with Crippen LogP contribution in [0.5, 0.6) is 0 Å². The molecule has 43 heavy (non-hydrogen) atoms. The minimum absolute atomic E-state index is 0.510. The first kappa shape index (κ1) is 26.2. The average Bonchev–Trinajstić information content (AvgIpc) is 3.55. The van der Waals surface area contributed by atoms with Gasteiger partial charge in [0.05, 0.1) is 0 Å². The van der Waals surface area contributed by atoms with E-state index >= 15 is 0 Å². The molecule has 0 heterocycles. The smallest absolute Gasteiger partial charge is 0.0397 e. The van der Waals surface area contributed by atoms with Crippen molar-refractivity contribution in [3.63, 3.8) is 0 Å². The Bertz CT molecular complexity index is 1930. The molecule has 0 aromatic heterocycles. The molecule has 0 saturated heterocycles. The predicted octanol–water partition coefficient (Wildman–Crippen LogP) is 11.6. The van der Waals surface area contributed by atoms with Crippen LogP contribution in [0, 0.1) is 0 Å². The van der Waals surface area contributed by atoms with E-state index < -0.39 is 0 Å². The summed E-state index contributed by atoms with van der Waals surface area (Å²) < 4.78 is 0. The average molecular weight is 567 g/mol. The van der Waals surface area contributed by atoms with E-state index in [1.807, 2.05) is 0 Å². The van der Waals surface area contributed by atoms with E-state index in [0.717, 1.165) is 9.52 Å². The van der Waals surface area contributed by atoms with E-state index in [-0.39, 0.29) is 0 Å². The Morgan fingerprint density at radius 1 is 0.442 bits per heavy atom. The van der Waals surface area contributed by atoms with Gasteiger partial charge in [0.25, 0.3) is 0 Å². The molecule has 0 amide bonds. The minimum Gasteiger partial charge on any atom is -0.0655 e. The lowest BCUT2D eigenvalue weighted by atomic mass is 9.91. The van der Waals surface area contributed by atoms with E-state index in [2.05, 4.69) is 147 Å². The molecule has 2 unspecified atom stereocenters. The lowest BCUT2D eigenvalue weighted by Gasteiger charge is -2.19. The van der Waals surface area contributed by atoms with Crippen molar-refractivity contribution in [3.8, 4) is 22.3 Å². The molecular weight excluding hydrogens is 533 g/mol. The number of hydrogen-bond acceptors (Lipinski definition) is 0. The van der Waals surface area contributed by atoms with Crippen molar-refractivity contribution in [1.29, 1.82) is 0 Å². The highest BCUT2D eigenvalue weighted by atomic mass is 28.2. The molecule has 8 rings (SSSR count). The quantitative estimate of drug-likeness (QED) is 0.176. The second-order valence-electron chi connectivity index (χ2n) is 12.2. The zero-order valence-corrected chi connectivity index (χ0v) is 25.8. The Morgan fingerprint density at radius 2 is 0.837 bits per heavy atom. The number of fused-ring (bicyclic) bond motifs is 4. The van der Waals surface area contributed by atoms with E-state index in [0.29, 0.717) is 11.8 Å². The number of rotatable bonds is 6. The van der Waals surface area contributed by atoms with Gasteiger partial charge in [0.2, 0.25) is 0 Å². The van der Waals surface area contributed by atoms with Crippen molar-refractivity contribution in [1.82, 2.24) is 0 Å². The molecule has 0 spiro atoms. The first-order valence-electron chi connectivity index (χ1n) is 15.5. The van der Waals surface area contributed by atoms with Crippen molar-refractivity contribution in [3.05, 3.63) is 155 Å². The van der Waals surface area contributed by atoms with Crippen LogP contribution in [0.15, 0.2) is 132 Å². The van der Waals surface area contributed by atoms with Gasteiger partial charge < -0.3 is 0 Å². The maximum Gasteiger partial charge on any atom is 0.0397 e. The summed E-state index contributed by atoms with van der Waals surface area (Å²) in [5.74, 6) is 1.02. The molecular formula is C42H34Si. The summed E-state index contributed by atoms with van der Waals surface area (Å²) in [7, 11) is 0.910.